The summed E-state index contributed by atoms with van der Waals surface area (Å²) in [4.78, 5) is 0. The molecule has 52 heavy (non-hydrogen) atoms. The van der Waals surface area contributed by atoms with Crippen LogP contribution in [0.15, 0.2) is 109 Å². The third-order valence-corrected chi connectivity index (χ3v) is 9.87. The maximum atomic E-state index is 13.5. The van der Waals surface area contributed by atoms with E-state index < -0.39 is 11.2 Å². The average Bonchev–Trinajstić information content (AvgIpc) is 3.18. The molecule has 0 spiro atoms. The fourth-order valence-corrected chi connectivity index (χ4v) is 7.38. The summed E-state index contributed by atoms with van der Waals surface area (Å²) in [7, 11) is 0. The lowest BCUT2D eigenvalue weighted by molar-refractivity contribution is 0.0753. The molecule has 268 valence electrons. The van der Waals surface area contributed by atoms with E-state index in [1.807, 2.05) is 109 Å². The number of ether oxygens (including phenoxy) is 4. The van der Waals surface area contributed by atoms with E-state index in [1.54, 1.807) is 0 Å². The van der Waals surface area contributed by atoms with Gasteiger partial charge in [-0.25, -0.2) is 0 Å². The lowest BCUT2D eigenvalue weighted by atomic mass is 9.62. The smallest absolute Gasteiger partial charge is 0.161 e. The zero-order chi connectivity index (χ0) is 36.3. The molecule has 0 heterocycles. The highest BCUT2D eigenvalue weighted by Gasteiger charge is 2.51. The zero-order valence-corrected chi connectivity index (χ0v) is 30.6. The van der Waals surface area contributed by atoms with Crippen LogP contribution in [0, 0.1) is 0 Å². The largest absolute Gasteiger partial charge is 0.490 e. The van der Waals surface area contributed by atoms with Crippen molar-refractivity contribution in [2.75, 3.05) is 26.4 Å². The van der Waals surface area contributed by atoms with Crippen molar-refractivity contribution in [1.29, 1.82) is 0 Å². The highest BCUT2D eigenvalue weighted by molar-refractivity contribution is 5.92. The molecule has 0 saturated heterocycles. The molecule has 1 aliphatic rings. The van der Waals surface area contributed by atoms with Crippen molar-refractivity contribution in [1.82, 2.24) is 0 Å². The van der Waals surface area contributed by atoms with E-state index in [4.69, 9.17) is 18.9 Å². The van der Waals surface area contributed by atoms with Gasteiger partial charge < -0.3 is 29.2 Å². The Hall–Kier alpha value is -5.04. The summed E-state index contributed by atoms with van der Waals surface area (Å²) in [6.45, 7) is 10.5. The second-order valence-electron chi connectivity index (χ2n) is 13.6. The molecule has 0 amide bonds. The van der Waals surface area contributed by atoms with Crippen molar-refractivity contribution in [2.45, 2.75) is 64.6 Å². The quantitative estimate of drug-likeness (QED) is 0.118. The second-order valence-corrected chi connectivity index (χ2v) is 13.6. The number of benzene rings is 6. The Morgan fingerprint density at radius 1 is 0.385 bits per heavy atom. The number of aliphatic hydroxyl groups is 2. The highest BCUT2D eigenvalue weighted by Crippen LogP contribution is 2.55. The van der Waals surface area contributed by atoms with E-state index in [0.717, 1.165) is 47.2 Å². The zero-order valence-electron chi connectivity index (χ0n) is 30.6. The standard InChI is InChI=1S/C46H48O6/c1-5-19-49-41-27-31-23-37-38(24-32(31)28-42(41)50-20-6-2)46(48,36-17-13-10-14-18-36)40-26-34-30-44(52-22-8-4)43(51-21-7-3)29-33(34)25-39(40)45(37,47)35-15-11-9-12-16-35/h9-18,23-30,47-48H,5-8,19-22H2,1-4H3. The molecule has 6 aromatic carbocycles. The Bertz CT molecular complexity index is 1910. The third kappa shape index (κ3) is 6.14. The molecule has 1 aliphatic carbocycles. The molecule has 0 atom stereocenters. The number of hydrogen-bond acceptors (Lipinski definition) is 6. The van der Waals surface area contributed by atoms with Crippen LogP contribution >= 0.6 is 0 Å². The van der Waals surface area contributed by atoms with Crippen molar-refractivity contribution >= 4 is 21.5 Å². The van der Waals surface area contributed by atoms with Gasteiger partial charge in [-0.1, -0.05) is 88.4 Å². The minimum atomic E-state index is -1.63. The third-order valence-electron chi connectivity index (χ3n) is 9.87. The molecule has 0 saturated carbocycles. The van der Waals surface area contributed by atoms with Gasteiger partial charge in [0.2, 0.25) is 0 Å². The van der Waals surface area contributed by atoms with E-state index in [-0.39, 0.29) is 0 Å². The molecule has 6 nitrogen and oxygen atoms in total. The van der Waals surface area contributed by atoms with Crippen molar-refractivity contribution in [3.63, 3.8) is 0 Å². The molecule has 0 aliphatic heterocycles. The molecular formula is C46H48O6. The normalized spacial score (nSPS) is 17.8. The highest BCUT2D eigenvalue weighted by atomic mass is 16.5. The number of fused-ring (bicyclic) bond motifs is 4. The van der Waals surface area contributed by atoms with Crippen LogP contribution in [0.1, 0.15) is 86.8 Å². The van der Waals surface area contributed by atoms with Crippen LogP contribution in [0.3, 0.4) is 0 Å². The van der Waals surface area contributed by atoms with Gasteiger partial charge in [0, 0.05) is 22.3 Å². The van der Waals surface area contributed by atoms with Gasteiger partial charge in [-0.15, -0.1) is 0 Å². The Morgan fingerprint density at radius 2 is 0.635 bits per heavy atom. The van der Waals surface area contributed by atoms with E-state index in [2.05, 4.69) is 27.7 Å². The molecule has 2 N–H and O–H groups in total. The predicted molar refractivity (Wildman–Crippen MR) is 208 cm³/mol. The van der Waals surface area contributed by atoms with Crippen LogP contribution in [0.4, 0.5) is 0 Å². The van der Waals surface area contributed by atoms with Crippen LogP contribution < -0.4 is 18.9 Å². The molecule has 0 unspecified atom stereocenters. The summed E-state index contributed by atoms with van der Waals surface area (Å²) >= 11 is 0. The minimum absolute atomic E-state index is 0.552. The van der Waals surface area contributed by atoms with Gasteiger partial charge in [0.05, 0.1) is 26.4 Å². The van der Waals surface area contributed by atoms with Crippen molar-refractivity contribution in [3.8, 4) is 23.0 Å². The minimum Gasteiger partial charge on any atom is -0.490 e. The lowest BCUT2D eigenvalue weighted by Gasteiger charge is -2.45. The molecule has 0 bridgehead atoms. The summed E-state index contributed by atoms with van der Waals surface area (Å²) in [5, 5.41) is 30.5. The Balaban J connectivity index is 1.58. The van der Waals surface area contributed by atoms with E-state index >= 15 is 0 Å². The topological polar surface area (TPSA) is 77.4 Å². The van der Waals surface area contributed by atoms with Crippen molar-refractivity contribution in [3.05, 3.63) is 143 Å². The van der Waals surface area contributed by atoms with Crippen LogP contribution in [-0.2, 0) is 11.2 Å². The summed E-state index contributed by atoms with van der Waals surface area (Å²) in [6.07, 6.45) is 3.43. The molecule has 0 aromatic heterocycles. The van der Waals surface area contributed by atoms with Crippen LogP contribution in [0.5, 0.6) is 23.0 Å². The summed E-state index contributed by atoms with van der Waals surface area (Å²) in [6, 6.07) is 35.5. The van der Waals surface area contributed by atoms with Gasteiger partial charge in [-0.3, -0.25) is 0 Å². The maximum absolute atomic E-state index is 13.5. The molecule has 0 radical (unpaired) electrons. The van der Waals surface area contributed by atoms with E-state index in [0.29, 0.717) is 82.8 Å². The van der Waals surface area contributed by atoms with Crippen molar-refractivity contribution in [2.24, 2.45) is 0 Å². The summed E-state index contributed by atoms with van der Waals surface area (Å²) in [5.74, 6) is 2.64. The molecule has 0 fully saturated rings. The first-order chi connectivity index (χ1) is 25.4. The maximum Gasteiger partial charge on any atom is 0.161 e. The summed E-state index contributed by atoms with van der Waals surface area (Å²) < 4.78 is 24.8. The SMILES string of the molecule is CCCOc1cc2cc3c(cc2cc1OCCC)C(O)(c1ccccc1)c1cc2cc(OCCC)c(OCCC)cc2cc1C3(O)c1ccccc1. The van der Waals surface area contributed by atoms with E-state index in [1.165, 1.54) is 0 Å². The number of hydrogen-bond donors (Lipinski definition) is 2. The Kier molecular flexibility index (Phi) is 10.1. The first-order valence-electron chi connectivity index (χ1n) is 18.7. The fraction of sp³-hybridized carbons (Fsp3) is 0.304. The number of rotatable bonds is 14. The molecule has 7 rings (SSSR count). The van der Waals surface area contributed by atoms with Gasteiger partial charge in [0.15, 0.2) is 23.0 Å². The van der Waals surface area contributed by atoms with Gasteiger partial charge in [0.1, 0.15) is 11.2 Å². The Labute approximate surface area is 306 Å². The Morgan fingerprint density at radius 3 is 0.865 bits per heavy atom. The first kappa shape index (κ1) is 35.4. The molecular weight excluding hydrogens is 649 g/mol. The van der Waals surface area contributed by atoms with Crippen LogP contribution in [0.2, 0.25) is 0 Å². The predicted octanol–water partition coefficient (Wildman–Crippen LogP) is 10.0. The van der Waals surface area contributed by atoms with Gasteiger partial charge in [0.25, 0.3) is 0 Å². The van der Waals surface area contributed by atoms with Gasteiger partial charge >= 0.3 is 0 Å². The van der Waals surface area contributed by atoms with Crippen LogP contribution in [-0.4, -0.2) is 36.6 Å². The fourth-order valence-electron chi connectivity index (χ4n) is 7.38. The molecule has 6 aromatic rings. The summed E-state index contributed by atoms with van der Waals surface area (Å²) in [5.41, 5.74) is 0.524. The lowest BCUT2D eigenvalue weighted by Crippen LogP contribution is -2.44. The van der Waals surface area contributed by atoms with Gasteiger partial charge in [-0.2, -0.15) is 0 Å². The monoisotopic (exact) mass is 696 g/mol. The van der Waals surface area contributed by atoms with Crippen molar-refractivity contribution < 1.29 is 29.2 Å². The average molecular weight is 697 g/mol. The second kappa shape index (κ2) is 14.9. The van der Waals surface area contributed by atoms with E-state index in [9.17, 15) is 10.2 Å². The van der Waals surface area contributed by atoms with Gasteiger partial charge in [-0.05, 0) is 107 Å². The molecule has 6 heteroatoms. The first-order valence-corrected chi connectivity index (χ1v) is 18.7. The van der Waals surface area contributed by atoms with Crippen LogP contribution in [0.25, 0.3) is 21.5 Å².